The number of nitrogens with zero attached hydrogens (tertiary/aromatic N) is 1. The van der Waals surface area contributed by atoms with Crippen molar-refractivity contribution in [2.45, 2.75) is 0 Å². The lowest BCUT2D eigenvalue weighted by Crippen LogP contribution is -2.21. The molecule has 7 nitrogen and oxygen atoms in total. The van der Waals surface area contributed by atoms with Crippen LogP contribution in [0.2, 0.25) is 0 Å². The largest absolute Gasteiger partial charge is 0.506 e. The number of nitro benzene ring substituents is 1. The van der Waals surface area contributed by atoms with Crippen molar-refractivity contribution in [3.8, 4) is 5.75 Å². The Bertz CT molecular complexity index is 644. The zero-order valence-corrected chi connectivity index (χ0v) is 11.5. The Morgan fingerprint density at radius 2 is 2.11 bits per heavy atom. The van der Waals surface area contributed by atoms with Gasteiger partial charge in [0.05, 0.1) is 9.40 Å². The molecule has 2 rings (SSSR count). The number of halogens is 1. The first-order valence-electron chi connectivity index (χ1n) is 4.89. The SMILES string of the molecule is O=C1NC(=S)N/C1=C/c1cc([N+](=O)[O-])cc(Br)c1O. The number of thiocarbonyl (C=S) groups is 1. The number of rotatable bonds is 2. The second-order valence-electron chi connectivity index (χ2n) is 3.59. The number of nitrogens with one attached hydrogen (secondary N) is 2. The van der Waals surface area contributed by atoms with Crippen LogP contribution in [0.3, 0.4) is 0 Å². The van der Waals surface area contributed by atoms with Gasteiger partial charge in [0.15, 0.2) is 5.11 Å². The van der Waals surface area contributed by atoms with Crippen LogP contribution in [0.1, 0.15) is 5.56 Å². The quantitative estimate of drug-likeness (QED) is 0.324. The van der Waals surface area contributed by atoms with Crippen LogP contribution in [0.15, 0.2) is 22.3 Å². The zero-order valence-electron chi connectivity index (χ0n) is 9.14. The van der Waals surface area contributed by atoms with Crippen LogP contribution >= 0.6 is 28.1 Å². The molecule has 1 heterocycles. The number of nitro groups is 1. The fraction of sp³-hybridized carbons (Fsp3) is 0. The number of carbonyl (C=O) groups excluding carboxylic acids is 1. The van der Waals surface area contributed by atoms with Crippen molar-refractivity contribution in [2.75, 3.05) is 0 Å². The normalized spacial score (nSPS) is 16.4. The fourth-order valence-electron chi connectivity index (χ4n) is 1.46. The Morgan fingerprint density at radius 1 is 1.42 bits per heavy atom. The van der Waals surface area contributed by atoms with E-state index in [2.05, 4.69) is 26.6 Å². The molecule has 0 unspecified atom stereocenters. The first kappa shape index (κ1) is 13.4. The Morgan fingerprint density at radius 3 is 2.63 bits per heavy atom. The summed E-state index contributed by atoms with van der Waals surface area (Å²) in [5.74, 6) is -0.669. The van der Waals surface area contributed by atoms with Gasteiger partial charge in [0.25, 0.3) is 11.6 Å². The highest BCUT2D eigenvalue weighted by Crippen LogP contribution is 2.33. The third kappa shape index (κ3) is 2.71. The van der Waals surface area contributed by atoms with E-state index in [1.165, 1.54) is 12.1 Å². The zero-order chi connectivity index (χ0) is 14.2. The molecule has 1 amide bonds. The molecule has 0 atom stereocenters. The summed E-state index contributed by atoms with van der Waals surface area (Å²) in [6.07, 6.45) is 1.28. The van der Waals surface area contributed by atoms with Crippen LogP contribution in [-0.2, 0) is 4.79 Å². The lowest BCUT2D eigenvalue weighted by atomic mass is 10.1. The Balaban J connectivity index is 2.51. The number of non-ortho nitro benzene ring substituents is 1. The van der Waals surface area contributed by atoms with Gasteiger partial charge in [-0.05, 0) is 34.2 Å². The van der Waals surface area contributed by atoms with Gasteiger partial charge in [-0.2, -0.15) is 0 Å². The van der Waals surface area contributed by atoms with Crippen LogP contribution in [0.25, 0.3) is 6.08 Å². The Labute approximate surface area is 120 Å². The average molecular weight is 344 g/mol. The summed E-state index contributed by atoms with van der Waals surface area (Å²) in [5, 5.41) is 25.6. The highest BCUT2D eigenvalue weighted by Gasteiger charge is 2.22. The predicted molar refractivity (Wildman–Crippen MR) is 74.3 cm³/mol. The van der Waals surface area contributed by atoms with Gasteiger partial charge in [-0.25, -0.2) is 0 Å². The molecule has 0 radical (unpaired) electrons. The second kappa shape index (κ2) is 4.94. The highest BCUT2D eigenvalue weighted by molar-refractivity contribution is 9.10. The van der Waals surface area contributed by atoms with E-state index in [0.29, 0.717) is 0 Å². The lowest BCUT2D eigenvalue weighted by molar-refractivity contribution is -0.385. The van der Waals surface area contributed by atoms with Gasteiger partial charge >= 0.3 is 0 Å². The maximum absolute atomic E-state index is 11.4. The summed E-state index contributed by atoms with van der Waals surface area (Å²) < 4.78 is 0.162. The van der Waals surface area contributed by atoms with Gasteiger partial charge in [-0.1, -0.05) is 0 Å². The number of carbonyl (C=O) groups is 1. The maximum atomic E-state index is 11.4. The molecule has 98 valence electrons. The molecule has 0 aromatic heterocycles. The summed E-state index contributed by atoms with van der Waals surface area (Å²) in [7, 11) is 0. The molecule has 9 heteroatoms. The summed E-state index contributed by atoms with van der Waals surface area (Å²) in [5.41, 5.74) is 0.0219. The van der Waals surface area contributed by atoms with E-state index < -0.39 is 10.8 Å². The molecule has 1 aliphatic rings. The molecule has 1 aromatic carbocycles. The topological polar surface area (TPSA) is 104 Å². The van der Waals surface area contributed by atoms with Gasteiger partial charge in [-0.3, -0.25) is 20.2 Å². The van der Waals surface area contributed by atoms with Crippen LogP contribution in [0.5, 0.6) is 5.75 Å². The van der Waals surface area contributed by atoms with E-state index in [0.717, 1.165) is 6.07 Å². The number of hydrogen-bond acceptors (Lipinski definition) is 5. The summed E-state index contributed by atoms with van der Waals surface area (Å²) in [6.45, 7) is 0. The molecule has 1 fully saturated rings. The summed E-state index contributed by atoms with van der Waals surface area (Å²) in [4.78, 5) is 21.6. The van der Waals surface area contributed by atoms with Crippen LogP contribution in [-0.4, -0.2) is 21.0 Å². The number of hydrogen-bond donors (Lipinski definition) is 3. The maximum Gasteiger partial charge on any atom is 0.273 e. The third-order valence-corrected chi connectivity index (χ3v) is 3.12. The standard InChI is InChI=1S/C10H6BrN3O4S/c11-6-3-5(14(17)18)1-4(8(6)15)2-7-9(16)13-10(19)12-7/h1-3,15H,(H2,12,13,16,19)/b7-2+. The number of amides is 1. The van der Waals surface area contributed by atoms with Crippen molar-refractivity contribution in [3.05, 3.63) is 38.0 Å². The fourth-order valence-corrected chi connectivity index (χ4v) is 2.12. The summed E-state index contributed by atoms with van der Waals surface area (Å²) >= 11 is 7.76. The average Bonchev–Trinajstić information content (AvgIpc) is 2.63. The lowest BCUT2D eigenvalue weighted by Gasteiger charge is -2.03. The molecule has 0 aliphatic carbocycles. The molecule has 0 spiro atoms. The molecule has 3 N–H and O–H groups in total. The van der Waals surface area contributed by atoms with Crippen molar-refractivity contribution in [3.63, 3.8) is 0 Å². The van der Waals surface area contributed by atoms with E-state index in [4.69, 9.17) is 12.2 Å². The molecule has 1 aliphatic heterocycles. The Kier molecular flexibility index (Phi) is 3.49. The molecule has 1 aromatic rings. The molecule has 0 saturated carbocycles. The Hall–Kier alpha value is -2.00. The number of phenolic OH excluding ortho intramolecular Hbond substituents is 1. The van der Waals surface area contributed by atoms with Crippen molar-refractivity contribution in [1.29, 1.82) is 0 Å². The first-order valence-corrected chi connectivity index (χ1v) is 6.09. The van der Waals surface area contributed by atoms with Crippen LogP contribution < -0.4 is 10.6 Å². The van der Waals surface area contributed by atoms with Crippen molar-refractivity contribution < 1.29 is 14.8 Å². The first-order chi connectivity index (χ1) is 8.88. The van der Waals surface area contributed by atoms with Gasteiger partial charge in [-0.15, -0.1) is 0 Å². The second-order valence-corrected chi connectivity index (χ2v) is 4.85. The van der Waals surface area contributed by atoms with Crippen molar-refractivity contribution in [1.82, 2.24) is 10.6 Å². The van der Waals surface area contributed by atoms with Crippen molar-refractivity contribution >= 4 is 50.9 Å². The van der Waals surface area contributed by atoms with E-state index in [-0.39, 0.29) is 32.3 Å². The minimum Gasteiger partial charge on any atom is -0.506 e. The minimum absolute atomic E-state index is 0.104. The number of aromatic hydroxyl groups is 1. The van der Waals surface area contributed by atoms with E-state index in [1.807, 2.05) is 0 Å². The van der Waals surface area contributed by atoms with Gasteiger partial charge in [0.2, 0.25) is 0 Å². The third-order valence-electron chi connectivity index (χ3n) is 2.31. The van der Waals surface area contributed by atoms with Gasteiger partial charge in [0.1, 0.15) is 11.4 Å². The molecular formula is C10H6BrN3O4S. The molecule has 19 heavy (non-hydrogen) atoms. The molecule has 1 saturated heterocycles. The van der Waals surface area contributed by atoms with Crippen LogP contribution in [0.4, 0.5) is 5.69 Å². The minimum atomic E-state index is -0.598. The molecular weight excluding hydrogens is 338 g/mol. The van der Waals surface area contributed by atoms with E-state index >= 15 is 0 Å². The van der Waals surface area contributed by atoms with Gasteiger partial charge < -0.3 is 10.4 Å². The number of benzene rings is 1. The molecule has 0 bridgehead atoms. The summed E-state index contributed by atoms with van der Waals surface area (Å²) in [6, 6.07) is 2.33. The van der Waals surface area contributed by atoms with Gasteiger partial charge in [0, 0.05) is 17.7 Å². The highest BCUT2D eigenvalue weighted by atomic mass is 79.9. The predicted octanol–water partition coefficient (Wildman–Crippen LogP) is 1.41. The monoisotopic (exact) mass is 343 g/mol. The van der Waals surface area contributed by atoms with Crippen molar-refractivity contribution in [2.24, 2.45) is 0 Å². The van der Waals surface area contributed by atoms with E-state index in [1.54, 1.807) is 0 Å². The number of phenols is 1. The van der Waals surface area contributed by atoms with E-state index in [9.17, 15) is 20.0 Å². The smallest absolute Gasteiger partial charge is 0.273 e. The van der Waals surface area contributed by atoms with Crippen LogP contribution in [0, 0.1) is 10.1 Å².